The second-order valence-electron chi connectivity index (χ2n) is 2.92. The van der Waals surface area contributed by atoms with E-state index in [9.17, 15) is 13.6 Å². The Hall–Kier alpha value is -1.45. The van der Waals surface area contributed by atoms with Crippen molar-refractivity contribution in [1.29, 1.82) is 0 Å². The number of carbonyl (C=O) groups is 1. The van der Waals surface area contributed by atoms with Crippen LogP contribution >= 0.6 is 0 Å². The van der Waals surface area contributed by atoms with E-state index in [1.54, 1.807) is 30.3 Å². The molecular weight excluding hydrogens is 188 g/mol. The minimum Gasteiger partial charge on any atom is -0.344 e. The van der Waals surface area contributed by atoms with E-state index in [1.165, 1.54) is 6.92 Å². The third kappa shape index (κ3) is 2.80. The number of alkyl halides is 2. The van der Waals surface area contributed by atoms with Crippen molar-refractivity contribution in [2.75, 3.05) is 0 Å². The first-order valence-corrected chi connectivity index (χ1v) is 4.21. The Morgan fingerprint density at radius 3 is 2.29 bits per heavy atom. The molecule has 0 fully saturated rings. The van der Waals surface area contributed by atoms with Gasteiger partial charge in [0.05, 0.1) is 0 Å². The van der Waals surface area contributed by atoms with Gasteiger partial charge in [0.15, 0.2) is 0 Å². The number of nitrogens with one attached hydrogen (secondary N) is 1. The van der Waals surface area contributed by atoms with Crippen LogP contribution in [0.25, 0.3) is 0 Å². The fourth-order valence-electron chi connectivity index (χ4n) is 1.17. The molecule has 0 aliphatic heterocycles. The van der Waals surface area contributed by atoms with Crippen LogP contribution in [0.3, 0.4) is 0 Å². The van der Waals surface area contributed by atoms with E-state index in [1.807, 2.05) is 0 Å². The summed E-state index contributed by atoms with van der Waals surface area (Å²) in [5.74, 6) is -0.459. The summed E-state index contributed by atoms with van der Waals surface area (Å²) >= 11 is 0. The molecule has 0 heterocycles. The summed E-state index contributed by atoms with van der Waals surface area (Å²) < 4.78 is 25.1. The van der Waals surface area contributed by atoms with Crippen molar-refractivity contribution < 1.29 is 13.6 Å². The smallest absolute Gasteiger partial charge is 0.262 e. The lowest BCUT2D eigenvalue weighted by molar-refractivity contribution is -0.120. The zero-order valence-corrected chi connectivity index (χ0v) is 7.71. The summed E-state index contributed by atoms with van der Waals surface area (Å²) in [6, 6.07) is 6.96. The molecule has 2 nitrogen and oxygen atoms in total. The van der Waals surface area contributed by atoms with Gasteiger partial charge >= 0.3 is 0 Å². The molecule has 0 saturated carbocycles. The van der Waals surface area contributed by atoms with Gasteiger partial charge < -0.3 is 5.32 Å². The average Bonchev–Trinajstić information content (AvgIpc) is 2.15. The molecule has 1 amide bonds. The van der Waals surface area contributed by atoms with Crippen LogP contribution in [-0.2, 0) is 4.79 Å². The summed E-state index contributed by atoms with van der Waals surface area (Å²) in [6.45, 7) is 1.22. The summed E-state index contributed by atoms with van der Waals surface area (Å²) in [6.07, 6.45) is -2.60. The number of hydrogen-bond acceptors (Lipinski definition) is 1. The van der Waals surface area contributed by atoms with Crippen LogP contribution in [0, 0.1) is 0 Å². The first kappa shape index (κ1) is 10.6. The molecule has 1 rings (SSSR count). The number of hydrogen-bond donors (Lipinski definition) is 1. The number of carbonyl (C=O) groups excluding carboxylic acids is 1. The third-order valence-electron chi connectivity index (χ3n) is 1.77. The monoisotopic (exact) mass is 199 g/mol. The van der Waals surface area contributed by atoms with Crippen molar-refractivity contribution in [2.24, 2.45) is 0 Å². The molecule has 0 spiro atoms. The molecule has 1 N–H and O–H groups in total. The Labute approximate surface area is 80.9 Å². The topological polar surface area (TPSA) is 29.1 Å². The van der Waals surface area contributed by atoms with Crippen LogP contribution in [0.15, 0.2) is 30.3 Å². The van der Waals surface area contributed by atoms with Crippen molar-refractivity contribution in [3.05, 3.63) is 35.9 Å². The molecule has 1 atom stereocenters. The highest BCUT2D eigenvalue weighted by Gasteiger charge is 2.22. The third-order valence-corrected chi connectivity index (χ3v) is 1.77. The molecule has 0 bridgehead atoms. The van der Waals surface area contributed by atoms with Crippen LogP contribution in [0.4, 0.5) is 8.78 Å². The zero-order valence-electron chi connectivity index (χ0n) is 7.71. The standard InChI is InChI=1S/C10H11F2NO/c1-7(14)13-9(10(11)12)8-5-3-2-4-6-8/h2-6,9-10H,1H3,(H,13,14)/t9-/m1/s1. The Morgan fingerprint density at radius 1 is 1.29 bits per heavy atom. The quantitative estimate of drug-likeness (QED) is 0.793. The Morgan fingerprint density at radius 2 is 1.86 bits per heavy atom. The maximum Gasteiger partial charge on any atom is 0.262 e. The van der Waals surface area contributed by atoms with Crippen LogP contribution in [0.1, 0.15) is 18.5 Å². The largest absolute Gasteiger partial charge is 0.344 e. The average molecular weight is 199 g/mol. The Kier molecular flexibility index (Phi) is 3.56. The molecule has 0 aromatic heterocycles. The predicted octanol–water partition coefficient (Wildman–Crippen LogP) is 2.13. The normalized spacial score (nSPS) is 12.6. The highest BCUT2D eigenvalue weighted by Crippen LogP contribution is 2.19. The van der Waals surface area contributed by atoms with Crippen molar-refractivity contribution in [3.8, 4) is 0 Å². The maximum atomic E-state index is 12.5. The fourth-order valence-corrected chi connectivity index (χ4v) is 1.17. The van der Waals surface area contributed by atoms with Gasteiger partial charge in [-0.3, -0.25) is 4.79 Å². The van der Waals surface area contributed by atoms with Crippen LogP contribution < -0.4 is 5.32 Å². The molecule has 76 valence electrons. The van der Waals surface area contributed by atoms with Gasteiger partial charge in [-0.1, -0.05) is 30.3 Å². The van der Waals surface area contributed by atoms with Gasteiger partial charge in [0, 0.05) is 6.92 Å². The maximum absolute atomic E-state index is 12.5. The van der Waals surface area contributed by atoms with E-state index in [4.69, 9.17) is 0 Å². The lowest BCUT2D eigenvalue weighted by Gasteiger charge is -2.16. The van der Waals surface area contributed by atoms with Crippen LogP contribution in [0.2, 0.25) is 0 Å². The van der Waals surface area contributed by atoms with Crippen LogP contribution in [-0.4, -0.2) is 12.3 Å². The molecule has 4 heteroatoms. The minimum absolute atomic E-state index is 0.415. The van der Waals surface area contributed by atoms with E-state index in [-0.39, 0.29) is 0 Å². The van der Waals surface area contributed by atoms with Gasteiger partial charge in [-0.15, -0.1) is 0 Å². The van der Waals surface area contributed by atoms with E-state index in [0.29, 0.717) is 5.56 Å². The first-order chi connectivity index (χ1) is 6.61. The van der Waals surface area contributed by atoms with Crippen molar-refractivity contribution in [1.82, 2.24) is 5.32 Å². The molecular formula is C10H11F2NO. The molecule has 0 aliphatic rings. The SMILES string of the molecule is CC(=O)N[C@H](c1ccccc1)C(F)F. The predicted molar refractivity (Wildman–Crippen MR) is 49.0 cm³/mol. The lowest BCUT2D eigenvalue weighted by atomic mass is 10.1. The second-order valence-corrected chi connectivity index (χ2v) is 2.92. The Bertz CT molecular complexity index is 300. The Balaban J connectivity index is 2.83. The molecule has 0 radical (unpaired) electrons. The molecule has 0 saturated heterocycles. The van der Waals surface area contributed by atoms with Gasteiger partial charge in [-0.05, 0) is 5.56 Å². The summed E-state index contributed by atoms with van der Waals surface area (Å²) in [5.41, 5.74) is 0.415. The summed E-state index contributed by atoms with van der Waals surface area (Å²) in [4.78, 5) is 10.7. The van der Waals surface area contributed by atoms with Gasteiger partial charge in [-0.25, -0.2) is 8.78 Å². The van der Waals surface area contributed by atoms with E-state index in [0.717, 1.165) is 0 Å². The summed E-state index contributed by atoms with van der Waals surface area (Å²) in [5, 5.41) is 2.21. The van der Waals surface area contributed by atoms with Crippen molar-refractivity contribution in [3.63, 3.8) is 0 Å². The number of halogens is 2. The van der Waals surface area contributed by atoms with Crippen molar-refractivity contribution in [2.45, 2.75) is 19.4 Å². The minimum atomic E-state index is -2.60. The molecule has 0 unspecified atom stereocenters. The number of benzene rings is 1. The molecule has 0 aliphatic carbocycles. The van der Waals surface area contributed by atoms with Gasteiger partial charge in [0.1, 0.15) is 6.04 Å². The van der Waals surface area contributed by atoms with Gasteiger partial charge in [0.2, 0.25) is 5.91 Å². The van der Waals surface area contributed by atoms with E-state index in [2.05, 4.69) is 5.32 Å². The zero-order chi connectivity index (χ0) is 10.6. The van der Waals surface area contributed by atoms with Gasteiger partial charge in [0.25, 0.3) is 6.43 Å². The lowest BCUT2D eigenvalue weighted by Crippen LogP contribution is -2.30. The second kappa shape index (κ2) is 4.69. The molecule has 1 aromatic carbocycles. The number of amides is 1. The van der Waals surface area contributed by atoms with Crippen LogP contribution in [0.5, 0.6) is 0 Å². The highest BCUT2D eigenvalue weighted by molar-refractivity contribution is 5.73. The van der Waals surface area contributed by atoms with Gasteiger partial charge in [-0.2, -0.15) is 0 Å². The fraction of sp³-hybridized carbons (Fsp3) is 0.300. The summed E-state index contributed by atoms with van der Waals surface area (Å²) in [7, 11) is 0. The van der Waals surface area contributed by atoms with E-state index < -0.39 is 18.4 Å². The van der Waals surface area contributed by atoms with Crippen molar-refractivity contribution >= 4 is 5.91 Å². The number of rotatable bonds is 3. The molecule has 14 heavy (non-hydrogen) atoms. The first-order valence-electron chi connectivity index (χ1n) is 4.21. The van der Waals surface area contributed by atoms with E-state index >= 15 is 0 Å². The highest BCUT2D eigenvalue weighted by atomic mass is 19.3. The molecule has 1 aromatic rings.